The Morgan fingerprint density at radius 3 is 2.78 bits per heavy atom. The second kappa shape index (κ2) is 8.57. The topological polar surface area (TPSA) is 49.3 Å². The van der Waals surface area contributed by atoms with Crippen molar-refractivity contribution in [3.8, 4) is 0 Å². The fourth-order valence-electron chi connectivity index (χ4n) is 1.92. The lowest BCUT2D eigenvalue weighted by molar-refractivity contribution is 0.585. The maximum atomic E-state index is 13.6. The number of benzene rings is 1. The van der Waals surface area contributed by atoms with Gasteiger partial charge in [-0.2, -0.15) is 0 Å². The van der Waals surface area contributed by atoms with Gasteiger partial charge in [0.25, 0.3) is 0 Å². The van der Waals surface area contributed by atoms with Crippen LogP contribution in [0, 0.1) is 11.6 Å². The first kappa shape index (κ1) is 17.3. The molecule has 0 saturated carbocycles. The van der Waals surface area contributed by atoms with E-state index in [9.17, 15) is 8.78 Å². The van der Waals surface area contributed by atoms with E-state index in [0.29, 0.717) is 19.0 Å². The number of aliphatic imine (C=N–C) groups is 1. The van der Waals surface area contributed by atoms with E-state index in [-0.39, 0.29) is 12.1 Å². The number of halogens is 2. The molecular formula is C16H20F2N4S. The molecule has 2 rings (SSSR count). The van der Waals surface area contributed by atoms with Gasteiger partial charge in [-0.05, 0) is 31.5 Å². The van der Waals surface area contributed by atoms with Crippen LogP contribution in [0.5, 0.6) is 0 Å². The molecule has 23 heavy (non-hydrogen) atoms. The molecule has 1 aromatic carbocycles. The highest BCUT2D eigenvalue weighted by Gasteiger charge is 2.05. The summed E-state index contributed by atoms with van der Waals surface area (Å²) in [6.45, 7) is 5.32. The number of aromatic nitrogens is 1. The van der Waals surface area contributed by atoms with Crippen LogP contribution < -0.4 is 10.6 Å². The van der Waals surface area contributed by atoms with Crippen molar-refractivity contribution in [3.05, 3.63) is 51.5 Å². The van der Waals surface area contributed by atoms with E-state index in [2.05, 4.69) is 27.5 Å². The van der Waals surface area contributed by atoms with Crippen molar-refractivity contribution in [3.63, 3.8) is 0 Å². The summed E-state index contributed by atoms with van der Waals surface area (Å²) in [6.07, 6.45) is 2.83. The third-order valence-electron chi connectivity index (χ3n) is 3.12. The van der Waals surface area contributed by atoms with Crippen LogP contribution in [0.4, 0.5) is 8.78 Å². The number of guanidine groups is 1. The highest BCUT2D eigenvalue weighted by Crippen LogP contribution is 2.13. The number of hydrogen-bond acceptors (Lipinski definition) is 3. The lowest BCUT2D eigenvalue weighted by Gasteiger charge is -2.10. The minimum absolute atomic E-state index is 0.0665. The van der Waals surface area contributed by atoms with Crippen molar-refractivity contribution in [2.24, 2.45) is 4.99 Å². The van der Waals surface area contributed by atoms with Crippen LogP contribution >= 0.6 is 11.3 Å². The van der Waals surface area contributed by atoms with Gasteiger partial charge in [-0.25, -0.2) is 18.8 Å². The van der Waals surface area contributed by atoms with E-state index < -0.39 is 11.6 Å². The molecule has 1 aromatic heterocycles. The number of aryl methyl sites for hydroxylation is 1. The third kappa shape index (κ3) is 5.28. The van der Waals surface area contributed by atoms with E-state index in [0.717, 1.165) is 29.6 Å². The van der Waals surface area contributed by atoms with Crippen molar-refractivity contribution in [1.82, 2.24) is 15.6 Å². The molecule has 2 aromatic rings. The molecule has 124 valence electrons. The summed E-state index contributed by atoms with van der Waals surface area (Å²) in [6, 6.07) is 3.37. The SMILES string of the molecule is CCNC(=NCc1cc(F)ccc1F)NCc1ncc(CC)s1. The molecule has 0 unspecified atom stereocenters. The Balaban J connectivity index is 2.00. The van der Waals surface area contributed by atoms with Gasteiger partial charge >= 0.3 is 0 Å². The Labute approximate surface area is 138 Å². The average molecular weight is 338 g/mol. The number of thiazole rings is 1. The Bertz CT molecular complexity index is 670. The van der Waals surface area contributed by atoms with Gasteiger partial charge < -0.3 is 10.6 Å². The van der Waals surface area contributed by atoms with Gasteiger partial charge in [0.1, 0.15) is 16.6 Å². The predicted molar refractivity (Wildman–Crippen MR) is 89.5 cm³/mol. The van der Waals surface area contributed by atoms with Gasteiger partial charge in [0.15, 0.2) is 5.96 Å². The summed E-state index contributed by atoms with van der Waals surface area (Å²) in [7, 11) is 0. The van der Waals surface area contributed by atoms with Crippen molar-refractivity contribution in [1.29, 1.82) is 0 Å². The highest BCUT2D eigenvalue weighted by atomic mass is 32.1. The molecule has 4 nitrogen and oxygen atoms in total. The summed E-state index contributed by atoms with van der Waals surface area (Å²) in [5.74, 6) is -0.382. The Morgan fingerprint density at radius 2 is 2.09 bits per heavy atom. The molecule has 0 aliphatic heterocycles. The molecule has 0 atom stereocenters. The first-order valence-corrected chi connectivity index (χ1v) is 8.33. The van der Waals surface area contributed by atoms with E-state index >= 15 is 0 Å². The van der Waals surface area contributed by atoms with E-state index in [1.54, 1.807) is 11.3 Å². The zero-order valence-corrected chi connectivity index (χ0v) is 14.0. The van der Waals surface area contributed by atoms with Crippen LogP contribution in [0.25, 0.3) is 0 Å². The molecule has 0 spiro atoms. The van der Waals surface area contributed by atoms with Gasteiger partial charge in [-0.1, -0.05) is 6.92 Å². The summed E-state index contributed by atoms with van der Waals surface area (Å²) < 4.78 is 26.8. The first-order chi connectivity index (χ1) is 11.1. The monoisotopic (exact) mass is 338 g/mol. The summed E-state index contributed by atoms with van der Waals surface area (Å²) in [5, 5.41) is 7.19. The second-order valence-electron chi connectivity index (χ2n) is 4.86. The Kier molecular flexibility index (Phi) is 6.46. The van der Waals surface area contributed by atoms with Crippen molar-refractivity contribution in [2.75, 3.05) is 6.54 Å². The van der Waals surface area contributed by atoms with Crippen LogP contribution in [0.3, 0.4) is 0 Å². The molecule has 0 fully saturated rings. The summed E-state index contributed by atoms with van der Waals surface area (Å²) in [5.41, 5.74) is 0.227. The fraction of sp³-hybridized carbons (Fsp3) is 0.375. The zero-order chi connectivity index (χ0) is 16.7. The van der Waals surface area contributed by atoms with Gasteiger partial charge in [0, 0.05) is 23.2 Å². The van der Waals surface area contributed by atoms with E-state index in [1.165, 1.54) is 4.88 Å². The van der Waals surface area contributed by atoms with Crippen molar-refractivity contribution >= 4 is 17.3 Å². The lowest BCUT2D eigenvalue weighted by atomic mass is 10.2. The van der Waals surface area contributed by atoms with Gasteiger partial charge in [0.05, 0.1) is 13.1 Å². The summed E-state index contributed by atoms with van der Waals surface area (Å²) >= 11 is 1.65. The Hall–Kier alpha value is -2.02. The maximum Gasteiger partial charge on any atom is 0.191 e. The second-order valence-corrected chi connectivity index (χ2v) is 6.06. The highest BCUT2D eigenvalue weighted by molar-refractivity contribution is 7.11. The number of nitrogens with zero attached hydrogens (tertiary/aromatic N) is 2. The molecule has 0 radical (unpaired) electrons. The standard InChI is InChI=1S/C16H20F2N4S/c1-3-13-9-20-15(23-13)10-22-16(19-4-2)21-8-11-7-12(17)5-6-14(11)18/h5-7,9H,3-4,8,10H2,1-2H3,(H2,19,21,22). The summed E-state index contributed by atoms with van der Waals surface area (Å²) in [4.78, 5) is 9.85. The third-order valence-corrected chi connectivity index (χ3v) is 4.26. The number of rotatable bonds is 6. The number of hydrogen-bond donors (Lipinski definition) is 2. The predicted octanol–water partition coefficient (Wildman–Crippen LogP) is 3.24. The van der Waals surface area contributed by atoms with Gasteiger partial charge in [0.2, 0.25) is 0 Å². The Morgan fingerprint density at radius 1 is 1.26 bits per heavy atom. The molecule has 0 bridgehead atoms. The minimum atomic E-state index is -0.468. The van der Waals surface area contributed by atoms with E-state index in [1.807, 2.05) is 13.1 Å². The molecule has 0 aliphatic carbocycles. The molecule has 2 N–H and O–H groups in total. The van der Waals surface area contributed by atoms with Crippen LogP contribution in [-0.2, 0) is 19.5 Å². The molecule has 0 saturated heterocycles. The number of nitrogens with one attached hydrogen (secondary N) is 2. The minimum Gasteiger partial charge on any atom is -0.357 e. The van der Waals surface area contributed by atoms with Crippen LogP contribution in [0.15, 0.2) is 29.4 Å². The maximum absolute atomic E-state index is 13.6. The quantitative estimate of drug-likeness (QED) is 0.628. The van der Waals surface area contributed by atoms with Crippen molar-refractivity contribution in [2.45, 2.75) is 33.4 Å². The molecule has 7 heteroatoms. The fourth-order valence-corrected chi connectivity index (χ4v) is 2.73. The zero-order valence-electron chi connectivity index (χ0n) is 13.2. The van der Waals surface area contributed by atoms with Crippen LogP contribution in [-0.4, -0.2) is 17.5 Å². The largest absolute Gasteiger partial charge is 0.357 e. The molecule has 0 aliphatic rings. The average Bonchev–Trinajstić information content (AvgIpc) is 3.01. The van der Waals surface area contributed by atoms with Crippen molar-refractivity contribution < 1.29 is 8.78 Å². The molecular weight excluding hydrogens is 318 g/mol. The smallest absolute Gasteiger partial charge is 0.191 e. The van der Waals surface area contributed by atoms with Gasteiger partial charge in [-0.3, -0.25) is 0 Å². The van der Waals surface area contributed by atoms with Gasteiger partial charge in [-0.15, -0.1) is 11.3 Å². The lowest BCUT2D eigenvalue weighted by Crippen LogP contribution is -2.36. The molecule has 0 amide bonds. The normalized spacial score (nSPS) is 11.6. The van der Waals surface area contributed by atoms with Crippen LogP contribution in [0.2, 0.25) is 0 Å². The molecule has 1 heterocycles. The van der Waals surface area contributed by atoms with Crippen LogP contribution in [0.1, 0.15) is 29.3 Å². The first-order valence-electron chi connectivity index (χ1n) is 7.52. The van der Waals surface area contributed by atoms with E-state index in [4.69, 9.17) is 0 Å².